The molecular weight excluding hydrogens is 210 g/mol. The van der Waals surface area contributed by atoms with Crippen LogP contribution in [-0.2, 0) is 0 Å². The molecular formula is C15H23NO. The molecule has 0 spiro atoms. The maximum atomic E-state index is 10.4. The van der Waals surface area contributed by atoms with Crippen molar-refractivity contribution in [2.75, 3.05) is 0 Å². The second-order valence-electron chi connectivity index (χ2n) is 5.32. The normalized spacial score (nSPS) is 29.2. The van der Waals surface area contributed by atoms with Crippen molar-refractivity contribution in [3.8, 4) is 0 Å². The molecule has 0 bridgehead atoms. The second kappa shape index (κ2) is 5.19. The molecule has 0 amide bonds. The average Bonchev–Trinajstić information content (AvgIpc) is 2.68. The Morgan fingerprint density at radius 2 is 1.65 bits per heavy atom. The van der Waals surface area contributed by atoms with E-state index in [9.17, 15) is 5.11 Å². The minimum absolute atomic E-state index is 0.185. The Balaban J connectivity index is 2.12. The van der Waals surface area contributed by atoms with Crippen LogP contribution in [0.2, 0.25) is 0 Å². The molecule has 1 saturated heterocycles. The summed E-state index contributed by atoms with van der Waals surface area (Å²) in [5.74, 6) is 0. The topological polar surface area (TPSA) is 23.5 Å². The van der Waals surface area contributed by atoms with Gasteiger partial charge < -0.3 is 5.11 Å². The number of hydrogen-bond acceptors (Lipinski definition) is 2. The van der Waals surface area contributed by atoms with E-state index in [0.29, 0.717) is 12.1 Å². The van der Waals surface area contributed by atoms with Gasteiger partial charge in [-0.05, 0) is 39.2 Å². The van der Waals surface area contributed by atoms with Gasteiger partial charge in [-0.1, -0.05) is 30.3 Å². The van der Waals surface area contributed by atoms with Crippen LogP contribution in [0.25, 0.3) is 0 Å². The maximum Gasteiger partial charge on any atom is 0.0942 e. The van der Waals surface area contributed by atoms with Crippen LogP contribution in [0.4, 0.5) is 0 Å². The van der Waals surface area contributed by atoms with Crippen LogP contribution in [0.1, 0.15) is 45.3 Å². The van der Waals surface area contributed by atoms with Crippen LogP contribution in [0.5, 0.6) is 0 Å². The standard InChI is InChI=1S/C15H23NO/c1-11-9-10-12(2)16(11)13(3)15(17)14-7-5-4-6-8-14/h4-8,11-13,15,17H,9-10H2,1-3H3/t11-,12-,13-,15-/m1/s1. The molecule has 1 heterocycles. The number of likely N-dealkylation sites (tertiary alicyclic amines) is 1. The Bertz CT molecular complexity index is 341. The number of benzene rings is 1. The van der Waals surface area contributed by atoms with Gasteiger partial charge in [0, 0.05) is 18.1 Å². The molecule has 94 valence electrons. The van der Waals surface area contributed by atoms with Crippen LogP contribution in [0.15, 0.2) is 30.3 Å². The fourth-order valence-electron chi connectivity index (χ4n) is 3.11. The summed E-state index contributed by atoms with van der Waals surface area (Å²) < 4.78 is 0. The zero-order valence-electron chi connectivity index (χ0n) is 11.0. The fourth-order valence-corrected chi connectivity index (χ4v) is 3.11. The quantitative estimate of drug-likeness (QED) is 0.867. The Kier molecular flexibility index (Phi) is 3.85. The van der Waals surface area contributed by atoms with Crippen LogP contribution in [0.3, 0.4) is 0 Å². The molecule has 1 N–H and O–H groups in total. The SMILES string of the molecule is C[C@@H]1CC[C@@H](C)N1[C@H](C)[C@@H](O)c1ccccc1. The highest BCUT2D eigenvalue weighted by Crippen LogP contribution is 2.31. The van der Waals surface area contributed by atoms with Gasteiger partial charge in [0.25, 0.3) is 0 Å². The number of hydrogen-bond donors (Lipinski definition) is 1. The van der Waals surface area contributed by atoms with Gasteiger partial charge in [0.1, 0.15) is 0 Å². The molecule has 1 aromatic rings. The second-order valence-corrected chi connectivity index (χ2v) is 5.32. The number of rotatable bonds is 3. The van der Waals surface area contributed by atoms with Gasteiger partial charge in [-0.25, -0.2) is 0 Å². The molecule has 1 aliphatic heterocycles. The lowest BCUT2D eigenvalue weighted by atomic mass is 10.0. The number of nitrogens with zero attached hydrogens (tertiary/aromatic N) is 1. The monoisotopic (exact) mass is 233 g/mol. The average molecular weight is 233 g/mol. The first-order valence-electron chi connectivity index (χ1n) is 6.61. The summed E-state index contributed by atoms with van der Waals surface area (Å²) in [7, 11) is 0. The smallest absolute Gasteiger partial charge is 0.0942 e. The van der Waals surface area contributed by atoms with Crippen molar-refractivity contribution in [3.63, 3.8) is 0 Å². The maximum absolute atomic E-state index is 10.4. The summed E-state index contributed by atoms with van der Waals surface area (Å²) in [4.78, 5) is 2.46. The minimum Gasteiger partial charge on any atom is -0.387 e. The van der Waals surface area contributed by atoms with E-state index < -0.39 is 0 Å². The van der Waals surface area contributed by atoms with E-state index in [-0.39, 0.29) is 12.1 Å². The molecule has 0 aliphatic carbocycles. The molecule has 0 saturated carbocycles. The molecule has 1 fully saturated rings. The van der Waals surface area contributed by atoms with Gasteiger partial charge in [-0.2, -0.15) is 0 Å². The molecule has 0 unspecified atom stereocenters. The zero-order chi connectivity index (χ0) is 12.4. The van der Waals surface area contributed by atoms with Crippen LogP contribution < -0.4 is 0 Å². The van der Waals surface area contributed by atoms with E-state index in [2.05, 4.69) is 25.7 Å². The van der Waals surface area contributed by atoms with Crippen LogP contribution >= 0.6 is 0 Å². The molecule has 0 radical (unpaired) electrons. The molecule has 17 heavy (non-hydrogen) atoms. The molecule has 2 rings (SSSR count). The van der Waals surface area contributed by atoms with Crippen molar-refractivity contribution in [3.05, 3.63) is 35.9 Å². The van der Waals surface area contributed by atoms with E-state index in [4.69, 9.17) is 0 Å². The highest BCUT2D eigenvalue weighted by molar-refractivity contribution is 5.19. The van der Waals surface area contributed by atoms with E-state index in [0.717, 1.165) is 5.56 Å². The largest absolute Gasteiger partial charge is 0.387 e. The van der Waals surface area contributed by atoms with Crippen LogP contribution in [0, 0.1) is 0 Å². The highest BCUT2D eigenvalue weighted by atomic mass is 16.3. The summed E-state index contributed by atoms with van der Waals surface area (Å²) >= 11 is 0. The number of aliphatic hydroxyl groups excluding tert-OH is 1. The number of aliphatic hydroxyl groups is 1. The minimum atomic E-state index is -0.390. The van der Waals surface area contributed by atoms with Crippen LogP contribution in [-0.4, -0.2) is 28.1 Å². The van der Waals surface area contributed by atoms with Crippen molar-refractivity contribution in [1.29, 1.82) is 0 Å². The molecule has 2 heteroatoms. The van der Waals surface area contributed by atoms with Crippen molar-refractivity contribution in [1.82, 2.24) is 4.90 Å². The Hall–Kier alpha value is -0.860. The molecule has 1 aliphatic rings. The summed E-state index contributed by atoms with van der Waals surface area (Å²) in [6, 6.07) is 11.3. The Morgan fingerprint density at radius 3 is 2.18 bits per heavy atom. The van der Waals surface area contributed by atoms with Gasteiger partial charge in [-0.3, -0.25) is 4.90 Å². The predicted octanol–water partition coefficient (Wildman–Crippen LogP) is 2.98. The first-order valence-corrected chi connectivity index (χ1v) is 6.61. The van der Waals surface area contributed by atoms with Gasteiger partial charge in [0.05, 0.1) is 6.10 Å². The molecule has 1 aromatic carbocycles. The van der Waals surface area contributed by atoms with Gasteiger partial charge in [-0.15, -0.1) is 0 Å². The highest BCUT2D eigenvalue weighted by Gasteiger charge is 2.34. The van der Waals surface area contributed by atoms with Crippen molar-refractivity contribution >= 4 is 0 Å². The first-order chi connectivity index (χ1) is 8.11. The summed E-state index contributed by atoms with van der Waals surface area (Å²) in [6.07, 6.45) is 2.10. The predicted molar refractivity (Wildman–Crippen MR) is 70.9 cm³/mol. The van der Waals surface area contributed by atoms with E-state index >= 15 is 0 Å². The molecule has 4 atom stereocenters. The fraction of sp³-hybridized carbons (Fsp3) is 0.600. The molecule has 0 aromatic heterocycles. The molecule has 2 nitrogen and oxygen atoms in total. The van der Waals surface area contributed by atoms with Crippen molar-refractivity contribution in [2.45, 2.75) is 57.8 Å². The third-order valence-corrected chi connectivity index (χ3v) is 4.09. The lowest BCUT2D eigenvalue weighted by molar-refractivity contribution is 0.0355. The van der Waals surface area contributed by atoms with E-state index in [1.807, 2.05) is 30.3 Å². The van der Waals surface area contributed by atoms with Crippen molar-refractivity contribution < 1.29 is 5.11 Å². The summed E-state index contributed by atoms with van der Waals surface area (Å²) in [6.45, 7) is 6.66. The van der Waals surface area contributed by atoms with E-state index in [1.165, 1.54) is 12.8 Å². The first kappa shape index (κ1) is 12.6. The van der Waals surface area contributed by atoms with Gasteiger partial charge >= 0.3 is 0 Å². The van der Waals surface area contributed by atoms with E-state index in [1.54, 1.807) is 0 Å². The zero-order valence-corrected chi connectivity index (χ0v) is 11.0. The van der Waals surface area contributed by atoms with Gasteiger partial charge in [0.2, 0.25) is 0 Å². The Morgan fingerprint density at radius 1 is 1.12 bits per heavy atom. The summed E-state index contributed by atoms with van der Waals surface area (Å²) in [5, 5.41) is 10.4. The lowest BCUT2D eigenvalue weighted by Gasteiger charge is -2.35. The van der Waals surface area contributed by atoms with Crippen molar-refractivity contribution in [2.24, 2.45) is 0 Å². The third kappa shape index (κ3) is 2.53. The Labute approximate surface area is 104 Å². The third-order valence-electron chi connectivity index (χ3n) is 4.09. The lowest BCUT2D eigenvalue weighted by Crippen LogP contribution is -2.43. The summed E-state index contributed by atoms with van der Waals surface area (Å²) in [5.41, 5.74) is 1.02. The van der Waals surface area contributed by atoms with Gasteiger partial charge in [0.15, 0.2) is 0 Å².